The fourth-order valence-corrected chi connectivity index (χ4v) is 5.50. The second-order valence-corrected chi connectivity index (χ2v) is 9.99. The number of allylic oxidation sites excluding steroid dienone is 2. The molecule has 30 heavy (non-hydrogen) atoms. The minimum absolute atomic E-state index is 0.168. The molecule has 0 spiro atoms. The van der Waals surface area contributed by atoms with Crippen LogP contribution in [-0.4, -0.2) is 10.1 Å². The van der Waals surface area contributed by atoms with Crippen LogP contribution in [0.5, 0.6) is 0 Å². The number of benzene rings is 2. The van der Waals surface area contributed by atoms with Crippen molar-refractivity contribution in [2.75, 3.05) is 0 Å². The van der Waals surface area contributed by atoms with E-state index in [-0.39, 0.29) is 6.04 Å². The number of halogens is 2. The van der Waals surface area contributed by atoms with Gasteiger partial charge in [0, 0.05) is 21.2 Å². The molecule has 2 aliphatic heterocycles. The smallest absolute Gasteiger partial charge is 0.173 e. The molecule has 0 aromatic heterocycles. The van der Waals surface area contributed by atoms with Gasteiger partial charge in [0.05, 0.1) is 11.7 Å². The summed E-state index contributed by atoms with van der Waals surface area (Å²) in [5.74, 6) is 0. The van der Waals surface area contributed by atoms with Gasteiger partial charge in [-0.2, -0.15) is 0 Å². The molecule has 5 heteroatoms. The van der Waals surface area contributed by atoms with Crippen LogP contribution in [0.2, 0.25) is 10.0 Å². The maximum atomic E-state index is 6.19. The van der Waals surface area contributed by atoms with Gasteiger partial charge in [-0.1, -0.05) is 59.2 Å². The van der Waals surface area contributed by atoms with Crippen LogP contribution in [0.25, 0.3) is 6.08 Å². The molecular formula is C25H22Cl2N2S. The molecule has 1 aliphatic carbocycles. The maximum absolute atomic E-state index is 6.19. The first-order valence-corrected chi connectivity index (χ1v) is 11.8. The lowest BCUT2D eigenvalue weighted by molar-refractivity contribution is 0.448. The van der Waals surface area contributed by atoms with E-state index >= 15 is 0 Å². The average molecular weight is 453 g/mol. The third-order valence-electron chi connectivity index (χ3n) is 5.76. The minimum Gasteiger partial charge on any atom is -0.315 e. The lowest BCUT2D eigenvalue weighted by atomic mass is 9.90. The number of hydrogen-bond acceptors (Lipinski definition) is 3. The second kappa shape index (κ2) is 8.30. The lowest BCUT2D eigenvalue weighted by Crippen LogP contribution is -2.31. The van der Waals surface area contributed by atoms with Crippen molar-refractivity contribution >= 4 is 46.2 Å². The van der Waals surface area contributed by atoms with Crippen LogP contribution in [0.1, 0.15) is 49.8 Å². The Bertz CT molecular complexity index is 1090. The zero-order chi connectivity index (χ0) is 20.7. The summed E-state index contributed by atoms with van der Waals surface area (Å²) in [6, 6.07) is 16.5. The molecule has 1 unspecified atom stereocenters. The van der Waals surface area contributed by atoms with Crippen molar-refractivity contribution in [2.45, 2.75) is 38.6 Å². The van der Waals surface area contributed by atoms with E-state index in [4.69, 9.17) is 28.2 Å². The van der Waals surface area contributed by atoms with E-state index in [0.717, 1.165) is 28.1 Å². The molecule has 0 fully saturated rings. The van der Waals surface area contributed by atoms with Crippen molar-refractivity contribution in [3.05, 3.63) is 97.7 Å². The van der Waals surface area contributed by atoms with Crippen LogP contribution in [0.3, 0.4) is 0 Å². The summed E-state index contributed by atoms with van der Waals surface area (Å²) >= 11 is 14.0. The van der Waals surface area contributed by atoms with E-state index in [0.29, 0.717) is 0 Å². The molecule has 2 aromatic rings. The Morgan fingerprint density at radius 3 is 2.37 bits per heavy atom. The number of aliphatic imine (C=N–C) groups is 1. The quantitative estimate of drug-likeness (QED) is 0.455. The van der Waals surface area contributed by atoms with Crippen molar-refractivity contribution in [1.29, 1.82) is 0 Å². The number of rotatable bonds is 2. The van der Waals surface area contributed by atoms with Crippen LogP contribution in [0, 0.1) is 0 Å². The molecule has 2 aromatic carbocycles. The predicted octanol–water partition coefficient (Wildman–Crippen LogP) is 8.23. The second-order valence-electron chi connectivity index (χ2n) is 7.90. The SMILES string of the molecule is CC1=CN2C(=NC3=C(CCCC/C3=C\c3ccc(Cl)cc3)C2c2ccc(Cl)cc2)S1. The molecule has 0 saturated carbocycles. The largest absolute Gasteiger partial charge is 0.315 e. The Labute approximate surface area is 192 Å². The standard InChI is InChI=1S/C25H22Cl2N2S/c1-16-15-29-24(18-8-12-21(27)13-9-18)22-5-3-2-4-19(23(22)28-25(29)30-16)14-17-6-10-20(26)11-7-17/h6-15,24H,2-5H2,1H3/b19-14+. The first-order valence-electron chi connectivity index (χ1n) is 10.3. The number of amidine groups is 1. The van der Waals surface area contributed by atoms with Crippen LogP contribution in [-0.2, 0) is 0 Å². The van der Waals surface area contributed by atoms with E-state index < -0.39 is 0 Å². The topological polar surface area (TPSA) is 15.6 Å². The molecule has 1 atom stereocenters. The fraction of sp³-hybridized carbons (Fsp3) is 0.240. The van der Waals surface area contributed by atoms with Crippen molar-refractivity contribution in [3.63, 3.8) is 0 Å². The Morgan fingerprint density at radius 1 is 0.967 bits per heavy atom. The van der Waals surface area contributed by atoms with Crippen molar-refractivity contribution < 1.29 is 0 Å². The normalized spacial score (nSPS) is 22.4. The van der Waals surface area contributed by atoms with E-state index in [9.17, 15) is 0 Å². The van der Waals surface area contributed by atoms with Gasteiger partial charge in [-0.25, -0.2) is 4.99 Å². The monoisotopic (exact) mass is 452 g/mol. The molecule has 0 radical (unpaired) electrons. The molecule has 2 nitrogen and oxygen atoms in total. The Kier molecular flexibility index (Phi) is 5.53. The molecule has 0 amide bonds. The van der Waals surface area contributed by atoms with Gasteiger partial charge in [0.15, 0.2) is 5.17 Å². The van der Waals surface area contributed by atoms with Gasteiger partial charge in [-0.05, 0) is 85.2 Å². The highest BCUT2D eigenvalue weighted by Crippen LogP contribution is 2.48. The number of nitrogens with zero attached hydrogens (tertiary/aromatic N) is 2. The van der Waals surface area contributed by atoms with Gasteiger partial charge in [0.2, 0.25) is 0 Å². The Hall–Kier alpha value is -1.94. The van der Waals surface area contributed by atoms with Crippen LogP contribution in [0.15, 0.2) is 81.5 Å². The third kappa shape index (κ3) is 3.87. The van der Waals surface area contributed by atoms with Gasteiger partial charge in [0.1, 0.15) is 0 Å². The summed E-state index contributed by atoms with van der Waals surface area (Å²) in [7, 11) is 0. The summed E-state index contributed by atoms with van der Waals surface area (Å²) < 4.78 is 0. The fourth-order valence-electron chi connectivity index (χ4n) is 4.39. The Morgan fingerprint density at radius 2 is 1.63 bits per heavy atom. The Balaban J connectivity index is 1.65. The predicted molar refractivity (Wildman–Crippen MR) is 130 cm³/mol. The molecule has 3 aliphatic rings. The highest BCUT2D eigenvalue weighted by atomic mass is 35.5. The van der Waals surface area contributed by atoms with Crippen LogP contribution in [0.4, 0.5) is 0 Å². The van der Waals surface area contributed by atoms with Gasteiger partial charge >= 0.3 is 0 Å². The maximum Gasteiger partial charge on any atom is 0.173 e. The van der Waals surface area contributed by atoms with Gasteiger partial charge < -0.3 is 4.90 Å². The highest BCUT2D eigenvalue weighted by molar-refractivity contribution is 8.17. The zero-order valence-corrected chi connectivity index (χ0v) is 19.1. The van der Waals surface area contributed by atoms with Gasteiger partial charge in [-0.15, -0.1) is 0 Å². The summed E-state index contributed by atoms with van der Waals surface area (Å²) in [6.07, 6.45) is 8.98. The van der Waals surface area contributed by atoms with Crippen molar-refractivity contribution in [1.82, 2.24) is 4.90 Å². The van der Waals surface area contributed by atoms with E-state index in [1.165, 1.54) is 45.7 Å². The van der Waals surface area contributed by atoms with Crippen molar-refractivity contribution in [2.24, 2.45) is 4.99 Å². The molecule has 2 heterocycles. The van der Waals surface area contributed by atoms with Crippen LogP contribution < -0.4 is 0 Å². The van der Waals surface area contributed by atoms with Gasteiger partial charge in [-0.3, -0.25) is 0 Å². The zero-order valence-electron chi connectivity index (χ0n) is 16.7. The third-order valence-corrected chi connectivity index (χ3v) is 7.17. The number of fused-ring (bicyclic) bond motifs is 1. The van der Waals surface area contributed by atoms with E-state index in [2.05, 4.69) is 48.4 Å². The highest BCUT2D eigenvalue weighted by Gasteiger charge is 2.36. The number of hydrogen-bond donors (Lipinski definition) is 0. The first-order chi connectivity index (χ1) is 14.6. The first kappa shape index (κ1) is 20.0. The van der Waals surface area contributed by atoms with E-state index in [1.807, 2.05) is 24.3 Å². The minimum atomic E-state index is 0.168. The molecule has 5 rings (SSSR count). The molecule has 152 valence electrons. The van der Waals surface area contributed by atoms with E-state index in [1.54, 1.807) is 11.8 Å². The summed E-state index contributed by atoms with van der Waals surface area (Å²) in [4.78, 5) is 8.79. The van der Waals surface area contributed by atoms with Crippen molar-refractivity contribution in [3.8, 4) is 0 Å². The molecule has 0 N–H and O–H groups in total. The molecular weight excluding hydrogens is 431 g/mol. The molecule has 0 bridgehead atoms. The average Bonchev–Trinajstić information content (AvgIpc) is 3.00. The number of thioether (sulfide) groups is 1. The summed E-state index contributed by atoms with van der Waals surface area (Å²) in [6.45, 7) is 2.15. The van der Waals surface area contributed by atoms with Crippen LogP contribution >= 0.6 is 35.0 Å². The summed E-state index contributed by atoms with van der Waals surface area (Å²) in [5.41, 5.74) is 6.33. The lowest BCUT2D eigenvalue weighted by Gasteiger charge is -2.35. The molecule has 0 saturated heterocycles. The summed E-state index contributed by atoms with van der Waals surface area (Å²) in [5, 5.41) is 2.60. The van der Waals surface area contributed by atoms with Gasteiger partial charge in [0.25, 0.3) is 0 Å².